The van der Waals surface area contributed by atoms with Crippen LogP contribution in [0, 0.1) is 5.92 Å². The number of likely N-dealkylation sites (tertiary alicyclic amines) is 1. The standard InChI is InChI=1S/C20H25BrN2O2S/c1-13-9-18(17-11-26-12-22-17)23(19(24)25-20(2,3)4)10-16(13)14-5-7-15(21)8-6-14/h5-8,11-13,16,18H,9-10H2,1-4H3. The van der Waals surface area contributed by atoms with E-state index in [9.17, 15) is 4.79 Å². The minimum Gasteiger partial charge on any atom is -0.444 e. The Morgan fingerprint density at radius 1 is 1.31 bits per heavy atom. The van der Waals surface area contributed by atoms with E-state index in [2.05, 4.69) is 52.1 Å². The van der Waals surface area contributed by atoms with Gasteiger partial charge in [-0.1, -0.05) is 35.0 Å². The molecule has 2 aromatic rings. The molecule has 0 bridgehead atoms. The fourth-order valence-electron chi connectivity index (χ4n) is 3.50. The Morgan fingerprint density at radius 3 is 2.58 bits per heavy atom. The molecular formula is C20H25BrN2O2S. The SMILES string of the molecule is CC1CC(c2cscn2)N(C(=O)OC(C)(C)C)CC1c1ccc(Br)cc1. The molecule has 0 aliphatic carbocycles. The van der Waals surface area contributed by atoms with Crippen LogP contribution >= 0.6 is 27.3 Å². The van der Waals surface area contributed by atoms with E-state index in [1.165, 1.54) is 5.56 Å². The van der Waals surface area contributed by atoms with Crippen molar-refractivity contribution in [2.24, 2.45) is 5.92 Å². The normalized spacial score (nSPS) is 23.7. The Kier molecular flexibility index (Phi) is 5.72. The van der Waals surface area contributed by atoms with E-state index in [0.717, 1.165) is 16.6 Å². The number of piperidine rings is 1. The van der Waals surface area contributed by atoms with E-state index in [0.29, 0.717) is 12.5 Å². The molecule has 0 spiro atoms. The zero-order chi connectivity index (χ0) is 18.9. The van der Waals surface area contributed by atoms with Gasteiger partial charge in [0.15, 0.2) is 0 Å². The van der Waals surface area contributed by atoms with Crippen LogP contribution in [-0.2, 0) is 4.74 Å². The molecule has 4 nitrogen and oxygen atoms in total. The fourth-order valence-corrected chi connectivity index (χ4v) is 4.36. The molecule has 1 aliphatic heterocycles. The van der Waals surface area contributed by atoms with E-state index in [1.54, 1.807) is 11.3 Å². The molecule has 1 aromatic carbocycles. The van der Waals surface area contributed by atoms with Crippen LogP contribution in [0.1, 0.15) is 57.3 Å². The van der Waals surface area contributed by atoms with Gasteiger partial charge in [0.2, 0.25) is 0 Å². The predicted molar refractivity (Wildman–Crippen MR) is 108 cm³/mol. The summed E-state index contributed by atoms with van der Waals surface area (Å²) in [7, 11) is 0. The number of rotatable bonds is 2. The molecule has 0 radical (unpaired) electrons. The van der Waals surface area contributed by atoms with Gasteiger partial charge < -0.3 is 4.74 Å². The number of thiazole rings is 1. The maximum absolute atomic E-state index is 12.9. The summed E-state index contributed by atoms with van der Waals surface area (Å²) in [6, 6.07) is 8.38. The van der Waals surface area contributed by atoms with E-state index in [-0.39, 0.29) is 18.1 Å². The van der Waals surface area contributed by atoms with Crippen molar-refractivity contribution in [3.8, 4) is 0 Å². The molecule has 1 amide bonds. The lowest BCUT2D eigenvalue weighted by atomic mass is 9.78. The van der Waals surface area contributed by atoms with Crippen LogP contribution in [0.5, 0.6) is 0 Å². The Hall–Kier alpha value is -1.40. The number of nitrogens with zero attached hydrogens (tertiary/aromatic N) is 2. The summed E-state index contributed by atoms with van der Waals surface area (Å²) in [6.07, 6.45) is 0.619. The number of amides is 1. The zero-order valence-corrected chi connectivity index (χ0v) is 18.0. The molecule has 3 rings (SSSR count). The molecule has 6 heteroatoms. The summed E-state index contributed by atoms with van der Waals surface area (Å²) in [5.41, 5.74) is 3.53. The van der Waals surface area contributed by atoms with Gasteiger partial charge in [-0.05, 0) is 50.8 Å². The second kappa shape index (κ2) is 7.69. The van der Waals surface area contributed by atoms with Crippen LogP contribution < -0.4 is 0 Å². The molecule has 1 saturated heterocycles. The first-order valence-electron chi connectivity index (χ1n) is 8.88. The Bertz CT molecular complexity index is 740. The fraction of sp³-hybridized carbons (Fsp3) is 0.500. The summed E-state index contributed by atoms with van der Waals surface area (Å²) in [5, 5.41) is 2.04. The molecule has 3 atom stereocenters. The number of carbonyl (C=O) groups is 1. The van der Waals surface area contributed by atoms with Crippen molar-refractivity contribution in [2.45, 2.75) is 51.7 Å². The molecule has 2 heterocycles. The molecule has 0 N–H and O–H groups in total. The molecule has 0 saturated carbocycles. The predicted octanol–water partition coefficient (Wildman–Crippen LogP) is 6.01. The largest absolute Gasteiger partial charge is 0.444 e. The second-order valence-corrected chi connectivity index (χ2v) is 9.57. The first-order valence-corrected chi connectivity index (χ1v) is 10.6. The second-order valence-electron chi connectivity index (χ2n) is 7.93. The lowest BCUT2D eigenvalue weighted by molar-refractivity contribution is 0.000819. The van der Waals surface area contributed by atoms with Crippen LogP contribution in [-0.4, -0.2) is 28.1 Å². The van der Waals surface area contributed by atoms with Crippen molar-refractivity contribution in [1.29, 1.82) is 0 Å². The average Bonchev–Trinajstić information content (AvgIpc) is 3.08. The van der Waals surface area contributed by atoms with Crippen LogP contribution in [0.25, 0.3) is 0 Å². The third kappa shape index (κ3) is 4.46. The Labute approximate surface area is 167 Å². The molecule has 26 heavy (non-hydrogen) atoms. The molecule has 3 unspecified atom stereocenters. The van der Waals surface area contributed by atoms with Gasteiger partial charge in [-0.15, -0.1) is 11.3 Å². The van der Waals surface area contributed by atoms with Crippen molar-refractivity contribution in [1.82, 2.24) is 9.88 Å². The lowest BCUT2D eigenvalue weighted by Gasteiger charge is -2.43. The monoisotopic (exact) mass is 436 g/mol. The maximum atomic E-state index is 12.9. The van der Waals surface area contributed by atoms with E-state index >= 15 is 0 Å². The van der Waals surface area contributed by atoms with Gasteiger partial charge in [0.1, 0.15) is 5.60 Å². The van der Waals surface area contributed by atoms with Crippen LogP contribution in [0.3, 0.4) is 0 Å². The van der Waals surface area contributed by atoms with Crippen molar-refractivity contribution >= 4 is 33.4 Å². The van der Waals surface area contributed by atoms with Crippen LogP contribution in [0.15, 0.2) is 39.6 Å². The molecule has 140 valence electrons. The molecule has 1 fully saturated rings. The minimum absolute atomic E-state index is 0.0298. The smallest absolute Gasteiger partial charge is 0.410 e. The van der Waals surface area contributed by atoms with Gasteiger partial charge in [0, 0.05) is 22.3 Å². The van der Waals surface area contributed by atoms with Crippen LogP contribution in [0.2, 0.25) is 0 Å². The average molecular weight is 437 g/mol. The van der Waals surface area contributed by atoms with Gasteiger partial charge in [-0.2, -0.15) is 0 Å². The van der Waals surface area contributed by atoms with Crippen molar-refractivity contribution in [3.63, 3.8) is 0 Å². The first-order chi connectivity index (χ1) is 12.2. The van der Waals surface area contributed by atoms with Gasteiger partial charge in [0.05, 0.1) is 17.2 Å². The molecule has 1 aliphatic rings. The number of ether oxygens (including phenoxy) is 1. The molecular weight excluding hydrogens is 412 g/mol. The number of benzene rings is 1. The number of hydrogen-bond acceptors (Lipinski definition) is 4. The van der Waals surface area contributed by atoms with Gasteiger partial charge in [0.25, 0.3) is 0 Å². The van der Waals surface area contributed by atoms with E-state index in [1.807, 2.05) is 36.6 Å². The van der Waals surface area contributed by atoms with E-state index in [4.69, 9.17) is 4.74 Å². The highest BCUT2D eigenvalue weighted by Gasteiger charge is 2.39. The Balaban J connectivity index is 1.89. The minimum atomic E-state index is -0.514. The van der Waals surface area contributed by atoms with Crippen LogP contribution in [0.4, 0.5) is 4.79 Å². The summed E-state index contributed by atoms with van der Waals surface area (Å²) in [6.45, 7) is 8.61. The van der Waals surface area contributed by atoms with Gasteiger partial charge in [-0.3, -0.25) is 4.90 Å². The highest BCUT2D eigenvalue weighted by atomic mass is 79.9. The van der Waals surface area contributed by atoms with Gasteiger partial charge >= 0.3 is 6.09 Å². The Morgan fingerprint density at radius 2 is 2.00 bits per heavy atom. The van der Waals surface area contributed by atoms with Crippen molar-refractivity contribution in [2.75, 3.05) is 6.54 Å². The van der Waals surface area contributed by atoms with Crippen molar-refractivity contribution < 1.29 is 9.53 Å². The maximum Gasteiger partial charge on any atom is 0.410 e. The summed E-state index contributed by atoms with van der Waals surface area (Å²) >= 11 is 5.06. The summed E-state index contributed by atoms with van der Waals surface area (Å²) in [4.78, 5) is 19.3. The third-order valence-corrected chi connectivity index (χ3v) is 5.90. The number of halogens is 1. The van der Waals surface area contributed by atoms with Crippen molar-refractivity contribution in [3.05, 3.63) is 50.9 Å². The topological polar surface area (TPSA) is 42.4 Å². The summed E-state index contributed by atoms with van der Waals surface area (Å²) < 4.78 is 6.76. The highest BCUT2D eigenvalue weighted by molar-refractivity contribution is 9.10. The number of aromatic nitrogens is 1. The van der Waals surface area contributed by atoms with E-state index < -0.39 is 5.60 Å². The summed E-state index contributed by atoms with van der Waals surface area (Å²) in [5.74, 6) is 0.729. The first kappa shape index (κ1) is 19.4. The number of hydrogen-bond donors (Lipinski definition) is 0. The zero-order valence-electron chi connectivity index (χ0n) is 15.6. The number of carbonyl (C=O) groups excluding carboxylic acids is 1. The van der Waals surface area contributed by atoms with Gasteiger partial charge in [-0.25, -0.2) is 9.78 Å². The quantitative estimate of drug-likeness (QED) is 0.578. The lowest BCUT2D eigenvalue weighted by Crippen LogP contribution is -2.46. The highest BCUT2D eigenvalue weighted by Crippen LogP contribution is 2.42. The third-order valence-electron chi connectivity index (χ3n) is 4.77. The molecule has 1 aromatic heterocycles.